The molecule has 0 saturated heterocycles. The minimum absolute atomic E-state index is 0.555. The monoisotopic (exact) mass is 370 g/mol. The molecule has 4 rings (SSSR count). The standard InChI is InChI=1S/C22H18N4O2/c1-13-11-19(15-7-3-5-9-17(15)23-13)25-21(27)22(28)26-20-12-14(2)24-18-10-6-4-8-16(18)20/h3-12H,1-2H3,(H,23,25,27)(H,24,26,28). The maximum absolute atomic E-state index is 12.5. The highest BCUT2D eigenvalue weighted by Gasteiger charge is 2.17. The van der Waals surface area contributed by atoms with Crippen molar-refractivity contribution in [2.24, 2.45) is 0 Å². The highest BCUT2D eigenvalue weighted by atomic mass is 16.2. The van der Waals surface area contributed by atoms with Crippen molar-refractivity contribution in [3.05, 3.63) is 72.1 Å². The Hall–Kier alpha value is -3.80. The van der Waals surface area contributed by atoms with Gasteiger partial charge in [-0.05, 0) is 38.1 Å². The summed E-state index contributed by atoms with van der Waals surface area (Å²) in [6, 6.07) is 18.4. The Balaban J connectivity index is 1.61. The van der Waals surface area contributed by atoms with Crippen molar-refractivity contribution in [2.75, 3.05) is 10.6 Å². The lowest BCUT2D eigenvalue weighted by molar-refractivity contribution is -0.132. The Morgan fingerprint density at radius 2 is 1.07 bits per heavy atom. The van der Waals surface area contributed by atoms with Crippen molar-refractivity contribution in [1.29, 1.82) is 0 Å². The van der Waals surface area contributed by atoms with Crippen LogP contribution in [0.1, 0.15) is 11.4 Å². The van der Waals surface area contributed by atoms with E-state index in [0.29, 0.717) is 11.4 Å². The molecule has 0 bridgehead atoms. The number of aryl methyl sites for hydroxylation is 2. The number of carbonyl (C=O) groups excluding carboxylic acids is 2. The van der Waals surface area contributed by atoms with E-state index < -0.39 is 11.8 Å². The van der Waals surface area contributed by atoms with Crippen LogP contribution in [0.15, 0.2) is 60.7 Å². The van der Waals surface area contributed by atoms with E-state index in [4.69, 9.17) is 0 Å². The molecule has 2 amide bonds. The number of carbonyl (C=O) groups is 2. The molecule has 0 aliphatic carbocycles. The zero-order valence-corrected chi connectivity index (χ0v) is 15.5. The largest absolute Gasteiger partial charge is 0.317 e. The van der Waals surface area contributed by atoms with Crippen LogP contribution in [-0.4, -0.2) is 21.8 Å². The summed E-state index contributed by atoms with van der Waals surface area (Å²) < 4.78 is 0. The van der Waals surface area contributed by atoms with Crippen LogP contribution in [0.5, 0.6) is 0 Å². The van der Waals surface area contributed by atoms with Gasteiger partial charge in [0.05, 0.1) is 22.4 Å². The van der Waals surface area contributed by atoms with Gasteiger partial charge < -0.3 is 10.6 Å². The molecule has 0 aliphatic heterocycles. The van der Waals surface area contributed by atoms with E-state index in [-0.39, 0.29) is 0 Å². The number of benzene rings is 2. The first-order valence-corrected chi connectivity index (χ1v) is 8.86. The van der Waals surface area contributed by atoms with Gasteiger partial charge in [0.2, 0.25) is 0 Å². The van der Waals surface area contributed by atoms with Gasteiger partial charge in [-0.25, -0.2) is 0 Å². The van der Waals surface area contributed by atoms with E-state index in [1.54, 1.807) is 12.1 Å². The summed E-state index contributed by atoms with van der Waals surface area (Å²) in [6.45, 7) is 3.68. The second kappa shape index (κ2) is 7.08. The predicted octanol–water partition coefficient (Wildman–Crippen LogP) is 3.98. The van der Waals surface area contributed by atoms with Gasteiger partial charge in [-0.2, -0.15) is 0 Å². The molecule has 6 heteroatoms. The Morgan fingerprint density at radius 1 is 0.679 bits per heavy atom. The van der Waals surface area contributed by atoms with Gasteiger partial charge in [0.1, 0.15) is 0 Å². The fraction of sp³-hybridized carbons (Fsp3) is 0.0909. The second-order valence-electron chi connectivity index (χ2n) is 6.56. The number of hydrogen-bond acceptors (Lipinski definition) is 4. The van der Waals surface area contributed by atoms with Gasteiger partial charge in [0.25, 0.3) is 0 Å². The van der Waals surface area contributed by atoms with Crippen molar-refractivity contribution in [1.82, 2.24) is 9.97 Å². The summed E-state index contributed by atoms with van der Waals surface area (Å²) in [5.41, 5.74) is 4.14. The normalized spacial score (nSPS) is 10.8. The van der Waals surface area contributed by atoms with Crippen LogP contribution in [0.2, 0.25) is 0 Å². The Bertz CT molecular complexity index is 1140. The Kier molecular flexibility index (Phi) is 4.45. The zero-order chi connectivity index (χ0) is 19.7. The third-order valence-corrected chi connectivity index (χ3v) is 4.39. The van der Waals surface area contributed by atoms with Crippen LogP contribution < -0.4 is 10.6 Å². The lowest BCUT2D eigenvalue weighted by atomic mass is 10.1. The minimum atomic E-state index is -0.741. The number of nitrogens with one attached hydrogen (secondary N) is 2. The molecule has 0 spiro atoms. The molecular weight excluding hydrogens is 352 g/mol. The van der Waals surface area contributed by atoms with Crippen LogP contribution in [0.3, 0.4) is 0 Å². The number of aromatic nitrogens is 2. The lowest BCUT2D eigenvalue weighted by Crippen LogP contribution is -2.29. The second-order valence-corrected chi connectivity index (χ2v) is 6.56. The van der Waals surface area contributed by atoms with Crippen LogP contribution in [-0.2, 0) is 9.59 Å². The fourth-order valence-electron chi connectivity index (χ4n) is 3.18. The number of amides is 2. The molecular formula is C22H18N4O2. The topological polar surface area (TPSA) is 84.0 Å². The number of fused-ring (bicyclic) bond motifs is 2. The summed E-state index contributed by atoms with van der Waals surface area (Å²) >= 11 is 0. The van der Waals surface area contributed by atoms with Gasteiger partial charge in [-0.1, -0.05) is 36.4 Å². The van der Waals surface area contributed by atoms with Crippen molar-refractivity contribution >= 4 is 45.0 Å². The average Bonchev–Trinajstić information content (AvgIpc) is 2.67. The average molecular weight is 370 g/mol. The zero-order valence-electron chi connectivity index (χ0n) is 15.5. The molecule has 2 N–H and O–H groups in total. The van der Waals surface area contributed by atoms with Crippen LogP contribution in [0, 0.1) is 13.8 Å². The van der Waals surface area contributed by atoms with Gasteiger partial charge in [0, 0.05) is 22.2 Å². The molecule has 0 fully saturated rings. The molecule has 0 radical (unpaired) electrons. The number of rotatable bonds is 2. The van der Waals surface area contributed by atoms with Gasteiger partial charge in [-0.15, -0.1) is 0 Å². The molecule has 2 aromatic carbocycles. The molecule has 6 nitrogen and oxygen atoms in total. The molecule has 4 aromatic rings. The van der Waals surface area contributed by atoms with Crippen molar-refractivity contribution in [3.8, 4) is 0 Å². The van der Waals surface area contributed by atoms with Crippen molar-refractivity contribution in [2.45, 2.75) is 13.8 Å². The molecule has 2 heterocycles. The minimum Gasteiger partial charge on any atom is -0.317 e. The molecule has 138 valence electrons. The fourth-order valence-corrected chi connectivity index (χ4v) is 3.18. The summed E-state index contributed by atoms with van der Waals surface area (Å²) in [5, 5.41) is 6.96. The number of nitrogens with zero attached hydrogens (tertiary/aromatic N) is 2. The number of anilines is 2. The highest BCUT2D eigenvalue weighted by Crippen LogP contribution is 2.24. The number of para-hydroxylation sites is 2. The van der Waals surface area contributed by atoms with Gasteiger partial charge >= 0.3 is 11.8 Å². The SMILES string of the molecule is Cc1cc(NC(=O)C(=O)Nc2cc(C)nc3ccccc23)c2ccccc2n1. The molecule has 0 unspecified atom stereocenters. The summed E-state index contributed by atoms with van der Waals surface area (Å²) in [7, 11) is 0. The molecule has 0 atom stereocenters. The number of pyridine rings is 2. The third kappa shape index (κ3) is 3.40. The first-order valence-electron chi connectivity index (χ1n) is 8.86. The summed E-state index contributed by atoms with van der Waals surface area (Å²) in [4.78, 5) is 33.9. The maximum Gasteiger partial charge on any atom is 0.314 e. The quantitative estimate of drug-likeness (QED) is 0.523. The van der Waals surface area contributed by atoms with E-state index in [1.807, 2.05) is 62.4 Å². The lowest BCUT2D eigenvalue weighted by Gasteiger charge is -2.11. The molecule has 0 saturated carbocycles. The van der Waals surface area contributed by atoms with Crippen LogP contribution in [0.25, 0.3) is 21.8 Å². The number of hydrogen-bond donors (Lipinski definition) is 2. The van der Waals surface area contributed by atoms with E-state index >= 15 is 0 Å². The molecule has 0 aliphatic rings. The van der Waals surface area contributed by atoms with Gasteiger partial charge in [-0.3, -0.25) is 19.6 Å². The first-order chi connectivity index (χ1) is 13.5. The maximum atomic E-state index is 12.5. The van der Waals surface area contributed by atoms with E-state index in [0.717, 1.165) is 33.2 Å². The van der Waals surface area contributed by atoms with E-state index in [1.165, 1.54) is 0 Å². The predicted molar refractivity (Wildman–Crippen MR) is 110 cm³/mol. The van der Waals surface area contributed by atoms with Crippen molar-refractivity contribution in [3.63, 3.8) is 0 Å². The summed E-state index contributed by atoms with van der Waals surface area (Å²) in [6.07, 6.45) is 0. The molecule has 2 aromatic heterocycles. The van der Waals surface area contributed by atoms with Gasteiger partial charge in [0.15, 0.2) is 0 Å². The Morgan fingerprint density at radius 3 is 1.50 bits per heavy atom. The van der Waals surface area contributed by atoms with E-state index in [9.17, 15) is 9.59 Å². The van der Waals surface area contributed by atoms with Crippen LogP contribution in [0.4, 0.5) is 11.4 Å². The first kappa shape index (κ1) is 17.6. The smallest absolute Gasteiger partial charge is 0.314 e. The highest BCUT2D eigenvalue weighted by molar-refractivity contribution is 6.44. The molecule has 28 heavy (non-hydrogen) atoms. The van der Waals surface area contributed by atoms with Crippen molar-refractivity contribution < 1.29 is 9.59 Å². The van der Waals surface area contributed by atoms with Crippen LogP contribution >= 0.6 is 0 Å². The summed E-state index contributed by atoms with van der Waals surface area (Å²) in [5.74, 6) is -1.48. The third-order valence-electron chi connectivity index (χ3n) is 4.39. The Labute approximate surface area is 161 Å². The van der Waals surface area contributed by atoms with E-state index in [2.05, 4.69) is 20.6 Å².